The second-order valence-corrected chi connectivity index (χ2v) is 4.64. The minimum absolute atomic E-state index is 0.0773. The van der Waals surface area contributed by atoms with Crippen LogP contribution in [0.15, 0.2) is 51.9 Å². The molecule has 0 saturated carbocycles. The van der Waals surface area contributed by atoms with Crippen molar-refractivity contribution in [3.63, 3.8) is 0 Å². The monoisotopic (exact) mass is 257 g/mol. The van der Waals surface area contributed by atoms with Gasteiger partial charge in [0.1, 0.15) is 11.3 Å². The molecular weight excluding hydrogens is 242 g/mol. The molecule has 0 spiro atoms. The summed E-state index contributed by atoms with van der Waals surface area (Å²) in [5, 5.41) is 1.02. The van der Waals surface area contributed by atoms with Crippen LogP contribution in [0.4, 0.5) is 0 Å². The van der Waals surface area contributed by atoms with Gasteiger partial charge in [-0.3, -0.25) is 4.57 Å². The predicted molar refractivity (Wildman–Crippen MR) is 72.8 cm³/mol. The fourth-order valence-corrected chi connectivity index (χ4v) is 2.14. The maximum absolute atomic E-state index is 11.7. The van der Waals surface area contributed by atoms with E-state index in [1.807, 2.05) is 30.3 Å². The number of aromatic nitrogens is 2. The summed E-state index contributed by atoms with van der Waals surface area (Å²) in [5.41, 5.74) is 6.84. The fourth-order valence-electron chi connectivity index (χ4n) is 2.14. The van der Waals surface area contributed by atoms with Gasteiger partial charge in [-0.05, 0) is 12.1 Å². The van der Waals surface area contributed by atoms with Crippen LogP contribution in [-0.2, 0) is 13.6 Å². The summed E-state index contributed by atoms with van der Waals surface area (Å²) in [6, 6.07) is 9.34. The smallest absolute Gasteiger partial charge is 0.327 e. The van der Waals surface area contributed by atoms with Crippen LogP contribution >= 0.6 is 0 Å². The minimum atomic E-state index is -0.340. The molecule has 0 fully saturated rings. The Bertz CT molecular complexity index is 733. The number of para-hydroxylation sites is 1. The molecule has 98 valence electrons. The molecule has 0 aliphatic carbocycles. The first kappa shape index (κ1) is 11.8. The van der Waals surface area contributed by atoms with Gasteiger partial charge >= 0.3 is 5.69 Å². The van der Waals surface area contributed by atoms with E-state index in [1.54, 1.807) is 24.0 Å². The lowest BCUT2D eigenvalue weighted by Crippen LogP contribution is -2.27. The van der Waals surface area contributed by atoms with Crippen LogP contribution in [-0.4, -0.2) is 9.13 Å². The van der Waals surface area contributed by atoms with Crippen molar-refractivity contribution in [3.05, 3.63) is 59.0 Å². The van der Waals surface area contributed by atoms with E-state index in [2.05, 4.69) is 0 Å². The van der Waals surface area contributed by atoms with Gasteiger partial charge in [0, 0.05) is 31.4 Å². The van der Waals surface area contributed by atoms with Gasteiger partial charge in [-0.2, -0.15) is 0 Å². The third kappa shape index (κ3) is 2.08. The topological polar surface area (TPSA) is 66.1 Å². The Hall–Kier alpha value is -2.27. The first-order chi connectivity index (χ1) is 9.15. The van der Waals surface area contributed by atoms with Gasteiger partial charge in [0.15, 0.2) is 0 Å². The molecule has 0 bridgehead atoms. The largest absolute Gasteiger partial charge is 0.459 e. The Morgan fingerprint density at radius 3 is 2.79 bits per heavy atom. The van der Waals surface area contributed by atoms with Crippen LogP contribution in [0.25, 0.3) is 11.0 Å². The lowest BCUT2D eigenvalue weighted by atomic mass is 10.2. The van der Waals surface area contributed by atoms with E-state index < -0.39 is 0 Å². The van der Waals surface area contributed by atoms with Crippen molar-refractivity contribution in [2.75, 3.05) is 0 Å². The normalized spacial score (nSPS) is 12.9. The molecule has 0 saturated heterocycles. The van der Waals surface area contributed by atoms with Gasteiger partial charge in [0.05, 0.1) is 6.04 Å². The average molecular weight is 257 g/mol. The van der Waals surface area contributed by atoms with Crippen molar-refractivity contribution in [1.82, 2.24) is 9.13 Å². The highest BCUT2D eigenvalue weighted by Crippen LogP contribution is 2.23. The number of nitrogens with zero attached hydrogens (tertiary/aromatic N) is 2. The number of fused-ring (bicyclic) bond motifs is 1. The lowest BCUT2D eigenvalue weighted by Gasteiger charge is -2.08. The van der Waals surface area contributed by atoms with E-state index in [9.17, 15) is 4.79 Å². The molecule has 3 aromatic rings. The first-order valence-corrected chi connectivity index (χ1v) is 6.11. The fraction of sp³-hybridized carbons (Fsp3) is 0.214. The van der Waals surface area contributed by atoms with Gasteiger partial charge in [-0.25, -0.2) is 4.79 Å². The van der Waals surface area contributed by atoms with Crippen LogP contribution in [0, 0.1) is 0 Å². The summed E-state index contributed by atoms with van der Waals surface area (Å²) in [5.74, 6) is 0.692. The standard InChI is InChI=1S/C14H15N3O2/c1-16-6-7-17(14(16)18)9-11(15)13-8-10-4-2-3-5-12(10)19-13/h2-8,11H,9,15H2,1H3. The van der Waals surface area contributed by atoms with Gasteiger partial charge in [-0.15, -0.1) is 0 Å². The molecule has 2 heterocycles. The third-order valence-electron chi connectivity index (χ3n) is 3.22. The van der Waals surface area contributed by atoms with Crippen LogP contribution in [0.2, 0.25) is 0 Å². The third-order valence-corrected chi connectivity index (χ3v) is 3.22. The summed E-state index contributed by atoms with van der Waals surface area (Å²) in [4.78, 5) is 11.7. The molecule has 1 atom stereocenters. The van der Waals surface area contributed by atoms with Crippen molar-refractivity contribution in [1.29, 1.82) is 0 Å². The van der Waals surface area contributed by atoms with E-state index in [0.29, 0.717) is 12.3 Å². The van der Waals surface area contributed by atoms with Crippen molar-refractivity contribution >= 4 is 11.0 Å². The van der Waals surface area contributed by atoms with Crippen molar-refractivity contribution in [2.45, 2.75) is 12.6 Å². The van der Waals surface area contributed by atoms with Gasteiger partial charge in [0.25, 0.3) is 0 Å². The van der Waals surface area contributed by atoms with Crippen LogP contribution in [0.5, 0.6) is 0 Å². The van der Waals surface area contributed by atoms with E-state index in [1.165, 1.54) is 4.57 Å². The van der Waals surface area contributed by atoms with Crippen LogP contribution in [0.3, 0.4) is 0 Å². The van der Waals surface area contributed by atoms with Crippen molar-refractivity contribution < 1.29 is 4.42 Å². The molecule has 5 nitrogen and oxygen atoms in total. The van der Waals surface area contributed by atoms with Crippen LogP contribution in [0.1, 0.15) is 11.8 Å². The summed E-state index contributed by atoms with van der Waals surface area (Å²) in [7, 11) is 1.71. The second-order valence-electron chi connectivity index (χ2n) is 4.64. The summed E-state index contributed by atoms with van der Waals surface area (Å²) < 4.78 is 8.80. The SMILES string of the molecule is Cn1ccn(CC(N)c2cc3ccccc3o2)c1=O. The molecule has 1 aromatic carbocycles. The van der Waals surface area contributed by atoms with Gasteiger partial charge < -0.3 is 14.7 Å². The number of rotatable bonds is 3. The summed E-state index contributed by atoms with van der Waals surface area (Å²) in [6.45, 7) is 0.402. The van der Waals surface area contributed by atoms with E-state index >= 15 is 0 Å². The molecule has 0 amide bonds. The van der Waals surface area contributed by atoms with E-state index in [0.717, 1.165) is 11.0 Å². The van der Waals surface area contributed by atoms with Crippen molar-refractivity contribution in [2.24, 2.45) is 12.8 Å². The Balaban J connectivity index is 1.89. The van der Waals surface area contributed by atoms with E-state index in [-0.39, 0.29) is 11.7 Å². The molecule has 3 rings (SSSR count). The highest BCUT2D eigenvalue weighted by Gasteiger charge is 2.13. The maximum Gasteiger partial charge on any atom is 0.327 e. The number of benzene rings is 1. The van der Waals surface area contributed by atoms with E-state index in [4.69, 9.17) is 10.2 Å². The first-order valence-electron chi connectivity index (χ1n) is 6.11. The lowest BCUT2D eigenvalue weighted by molar-refractivity contribution is 0.449. The molecule has 0 aliphatic heterocycles. The quantitative estimate of drug-likeness (QED) is 0.775. The average Bonchev–Trinajstić information content (AvgIpc) is 2.97. The van der Waals surface area contributed by atoms with Gasteiger partial charge in [-0.1, -0.05) is 18.2 Å². The Morgan fingerprint density at radius 2 is 2.11 bits per heavy atom. The molecule has 2 N–H and O–H groups in total. The molecule has 1 unspecified atom stereocenters. The highest BCUT2D eigenvalue weighted by atomic mass is 16.3. The molecule has 2 aromatic heterocycles. The summed E-state index contributed by atoms with van der Waals surface area (Å²) >= 11 is 0. The molecule has 0 radical (unpaired) electrons. The summed E-state index contributed by atoms with van der Waals surface area (Å²) in [6.07, 6.45) is 3.44. The Labute approximate surface area is 109 Å². The Morgan fingerprint density at radius 1 is 1.32 bits per heavy atom. The molecular formula is C14H15N3O2. The maximum atomic E-state index is 11.7. The number of hydrogen-bond donors (Lipinski definition) is 1. The zero-order valence-corrected chi connectivity index (χ0v) is 10.6. The predicted octanol–water partition coefficient (Wildman–Crippen LogP) is 1.63. The van der Waals surface area contributed by atoms with Crippen molar-refractivity contribution in [3.8, 4) is 0 Å². The number of hydrogen-bond acceptors (Lipinski definition) is 3. The Kier molecular flexibility index (Phi) is 2.76. The van der Waals surface area contributed by atoms with Crippen LogP contribution < -0.4 is 11.4 Å². The molecule has 19 heavy (non-hydrogen) atoms. The molecule has 0 aliphatic rings. The zero-order valence-electron chi connectivity index (χ0n) is 10.6. The number of nitrogens with two attached hydrogens (primary N) is 1. The highest BCUT2D eigenvalue weighted by molar-refractivity contribution is 5.77. The zero-order chi connectivity index (χ0) is 13.4. The number of aryl methyl sites for hydroxylation is 1. The van der Waals surface area contributed by atoms with Gasteiger partial charge in [0.2, 0.25) is 0 Å². The number of imidazole rings is 1. The molecule has 5 heteroatoms. The minimum Gasteiger partial charge on any atom is -0.459 e. The number of furan rings is 1. The second kappa shape index (κ2) is 4.44.